The lowest BCUT2D eigenvalue weighted by Crippen LogP contribution is -2.29. The van der Waals surface area contributed by atoms with Crippen molar-refractivity contribution in [3.05, 3.63) is 71.8 Å². The summed E-state index contributed by atoms with van der Waals surface area (Å²) in [5.41, 5.74) is 1.19. The Morgan fingerprint density at radius 1 is 0.680 bits per heavy atom. The van der Waals surface area contributed by atoms with Gasteiger partial charge >= 0.3 is 7.82 Å². The minimum Gasteiger partial charge on any atom is -0.303 e. The van der Waals surface area contributed by atoms with Crippen molar-refractivity contribution in [3.8, 4) is 0 Å². The lowest BCUT2D eigenvalue weighted by molar-refractivity contribution is -0.410. The van der Waals surface area contributed by atoms with Gasteiger partial charge in [0, 0.05) is 0 Å². The molecule has 0 unspecified atom stereocenters. The van der Waals surface area contributed by atoms with E-state index in [-0.39, 0.29) is 0 Å². The van der Waals surface area contributed by atoms with Crippen molar-refractivity contribution in [1.29, 1.82) is 0 Å². The molecule has 0 fully saturated rings. The first kappa shape index (κ1) is 21.5. The quantitative estimate of drug-likeness (QED) is 0.421. The van der Waals surface area contributed by atoms with Gasteiger partial charge in [-0.15, -0.1) is 0 Å². The van der Waals surface area contributed by atoms with Gasteiger partial charge in [0.05, 0.1) is 0 Å². The maximum atomic E-state index is 8.88. The number of rotatable bonds is 5. The second-order valence-corrected chi connectivity index (χ2v) is 7.46. The summed E-state index contributed by atoms with van der Waals surface area (Å²) in [5.74, 6) is 0. The van der Waals surface area contributed by atoms with Gasteiger partial charge in [0.25, 0.3) is 0 Å². The fourth-order valence-corrected chi connectivity index (χ4v) is 1.98. The molecule has 0 aliphatic heterocycles. The van der Waals surface area contributed by atoms with Crippen LogP contribution in [0, 0.1) is 0 Å². The predicted molar refractivity (Wildman–Crippen MR) is 95.4 cm³/mol. The maximum absolute atomic E-state index is 8.88. The summed E-state index contributed by atoms with van der Waals surface area (Å²) in [6.07, 6.45) is 0. The van der Waals surface area contributed by atoms with E-state index in [4.69, 9.17) is 29.0 Å². The number of benzene rings is 2. The molecule has 0 spiro atoms. The summed E-state index contributed by atoms with van der Waals surface area (Å²) in [7, 11) is -4.64. The van der Waals surface area contributed by atoms with Crippen molar-refractivity contribution in [2.75, 3.05) is 0 Å². The van der Waals surface area contributed by atoms with Gasteiger partial charge < -0.3 is 14.7 Å². The Bertz CT molecular complexity index is 619. The maximum Gasteiger partial charge on any atom is 0.466 e. The zero-order chi connectivity index (χ0) is 19.1. The van der Waals surface area contributed by atoms with Crippen LogP contribution in [0.1, 0.15) is 38.8 Å². The molecule has 2 aromatic carbocycles. The van der Waals surface area contributed by atoms with E-state index >= 15 is 0 Å². The molecule has 2 rings (SSSR count). The van der Waals surface area contributed by atoms with Crippen molar-refractivity contribution >= 4 is 7.82 Å². The molecule has 2 aromatic rings. The summed E-state index contributed by atoms with van der Waals surface area (Å²) in [6.45, 7) is 8.01. The Kier molecular flexibility index (Phi) is 7.50. The van der Waals surface area contributed by atoms with Gasteiger partial charge in [-0.2, -0.15) is 0 Å². The van der Waals surface area contributed by atoms with Crippen molar-refractivity contribution in [1.82, 2.24) is 0 Å². The van der Waals surface area contributed by atoms with E-state index in [9.17, 15) is 0 Å². The zero-order valence-electron chi connectivity index (χ0n) is 14.8. The van der Waals surface area contributed by atoms with Gasteiger partial charge in [-0.05, 0) is 38.8 Å². The molecule has 25 heavy (non-hydrogen) atoms. The second-order valence-electron chi connectivity index (χ2n) is 6.43. The standard InChI is InChI=1S/C18H22O2.H3O4P/c1-17(2,15-11-7-5-8-12-15)19-20-18(3,4)16-13-9-6-10-14-16;1-5(2,3)4/h5-14H,1-4H3;(H3,1,2,3,4). The third kappa shape index (κ3) is 8.40. The van der Waals surface area contributed by atoms with Gasteiger partial charge in [-0.25, -0.2) is 14.3 Å². The van der Waals surface area contributed by atoms with Crippen LogP contribution < -0.4 is 0 Å². The molecule has 0 aromatic heterocycles. The Balaban J connectivity index is 0.000000550. The minimum absolute atomic E-state index is 0.493. The van der Waals surface area contributed by atoms with Crippen LogP contribution in [-0.2, 0) is 25.5 Å². The summed E-state index contributed by atoms with van der Waals surface area (Å²) in [4.78, 5) is 33.0. The SMILES string of the molecule is CC(C)(OOC(C)(C)c1ccccc1)c1ccccc1.O=P(O)(O)O. The molecule has 6 nitrogen and oxygen atoms in total. The summed E-state index contributed by atoms with van der Waals surface area (Å²) >= 11 is 0. The van der Waals surface area contributed by atoms with Gasteiger partial charge in [0.2, 0.25) is 0 Å². The molecule has 0 heterocycles. The Labute approximate surface area is 148 Å². The Hall–Kier alpha value is -1.53. The molecule has 138 valence electrons. The molecule has 0 atom stereocenters. The number of phosphoric acid groups is 1. The number of hydrogen-bond donors (Lipinski definition) is 3. The fourth-order valence-electron chi connectivity index (χ4n) is 1.98. The molecule has 0 saturated heterocycles. The van der Waals surface area contributed by atoms with E-state index in [0.717, 1.165) is 11.1 Å². The lowest BCUT2D eigenvalue weighted by atomic mass is 9.98. The summed E-state index contributed by atoms with van der Waals surface area (Å²) in [5, 5.41) is 0. The largest absolute Gasteiger partial charge is 0.466 e. The van der Waals surface area contributed by atoms with E-state index in [1.165, 1.54) is 0 Å². The van der Waals surface area contributed by atoms with Crippen LogP contribution in [0.3, 0.4) is 0 Å². The molecule has 3 N–H and O–H groups in total. The highest BCUT2D eigenvalue weighted by Gasteiger charge is 2.29. The minimum atomic E-state index is -4.64. The van der Waals surface area contributed by atoms with Crippen molar-refractivity contribution in [2.45, 2.75) is 38.9 Å². The van der Waals surface area contributed by atoms with E-state index in [0.29, 0.717) is 0 Å². The van der Waals surface area contributed by atoms with Crippen LogP contribution in [0.2, 0.25) is 0 Å². The van der Waals surface area contributed by atoms with Crippen LogP contribution in [0.25, 0.3) is 0 Å². The van der Waals surface area contributed by atoms with E-state index in [1.54, 1.807) is 0 Å². The highest BCUT2D eigenvalue weighted by Crippen LogP contribution is 2.31. The van der Waals surface area contributed by atoms with E-state index in [1.807, 2.05) is 88.4 Å². The van der Waals surface area contributed by atoms with Crippen LogP contribution >= 0.6 is 7.82 Å². The zero-order valence-corrected chi connectivity index (χ0v) is 15.7. The lowest BCUT2D eigenvalue weighted by Gasteiger charge is -2.31. The first-order valence-electron chi connectivity index (χ1n) is 7.68. The highest BCUT2D eigenvalue weighted by atomic mass is 31.2. The summed E-state index contributed by atoms with van der Waals surface area (Å²) < 4.78 is 8.88. The molecular weight excluding hydrogens is 343 g/mol. The topological polar surface area (TPSA) is 96.2 Å². The highest BCUT2D eigenvalue weighted by molar-refractivity contribution is 7.45. The molecule has 0 aliphatic carbocycles. The molecule has 0 radical (unpaired) electrons. The van der Waals surface area contributed by atoms with Gasteiger partial charge in [0.15, 0.2) is 0 Å². The van der Waals surface area contributed by atoms with Crippen molar-refractivity contribution in [3.63, 3.8) is 0 Å². The van der Waals surface area contributed by atoms with Crippen LogP contribution in [0.15, 0.2) is 60.7 Å². The van der Waals surface area contributed by atoms with Crippen LogP contribution in [-0.4, -0.2) is 14.7 Å². The van der Waals surface area contributed by atoms with Gasteiger partial charge in [-0.3, -0.25) is 0 Å². The van der Waals surface area contributed by atoms with Crippen LogP contribution in [0.4, 0.5) is 0 Å². The monoisotopic (exact) mass is 368 g/mol. The van der Waals surface area contributed by atoms with Gasteiger partial charge in [0.1, 0.15) is 11.2 Å². The molecule has 0 saturated carbocycles. The van der Waals surface area contributed by atoms with Gasteiger partial charge in [-0.1, -0.05) is 60.7 Å². The van der Waals surface area contributed by atoms with E-state index in [2.05, 4.69) is 0 Å². The average molecular weight is 368 g/mol. The van der Waals surface area contributed by atoms with Crippen molar-refractivity contribution in [2.24, 2.45) is 0 Å². The Morgan fingerprint density at radius 3 is 1.16 bits per heavy atom. The Morgan fingerprint density at radius 2 is 0.920 bits per heavy atom. The number of hydrogen-bond acceptors (Lipinski definition) is 3. The van der Waals surface area contributed by atoms with Crippen LogP contribution in [0.5, 0.6) is 0 Å². The molecule has 0 bridgehead atoms. The average Bonchev–Trinajstić information content (AvgIpc) is 2.53. The molecule has 7 heteroatoms. The second kappa shape index (κ2) is 8.72. The first-order chi connectivity index (χ1) is 11.4. The molecule has 0 amide bonds. The smallest absolute Gasteiger partial charge is 0.303 e. The molecule has 0 aliphatic rings. The third-order valence-corrected chi connectivity index (χ3v) is 3.40. The van der Waals surface area contributed by atoms with Crippen molar-refractivity contribution < 1.29 is 29.0 Å². The first-order valence-corrected chi connectivity index (χ1v) is 9.24. The summed E-state index contributed by atoms with van der Waals surface area (Å²) in [6, 6.07) is 20.2. The molecular formula is C18H25O6P. The van der Waals surface area contributed by atoms with E-state index < -0.39 is 19.0 Å². The predicted octanol–water partition coefficient (Wildman–Crippen LogP) is 3.88. The normalized spacial score (nSPS) is 12.3. The third-order valence-electron chi connectivity index (χ3n) is 3.40. The fraction of sp³-hybridized carbons (Fsp3) is 0.333.